The molecule has 1 saturated carbocycles. The van der Waals surface area contributed by atoms with E-state index < -0.39 is 0 Å². The predicted molar refractivity (Wildman–Crippen MR) is 117 cm³/mol. The van der Waals surface area contributed by atoms with Gasteiger partial charge in [0, 0.05) is 19.1 Å². The normalized spacial score (nSPS) is 23.7. The first-order valence-corrected chi connectivity index (χ1v) is 9.59. The van der Waals surface area contributed by atoms with Gasteiger partial charge in [-0.2, -0.15) is 0 Å². The average Bonchev–Trinajstić information content (AvgIpc) is 3.30. The first-order chi connectivity index (χ1) is 11.7. The van der Waals surface area contributed by atoms with Gasteiger partial charge in [0.2, 0.25) is 0 Å². The lowest BCUT2D eigenvalue weighted by atomic mass is 10.1. The molecule has 1 aromatic carbocycles. The third kappa shape index (κ3) is 6.77. The molecular weight excluding hydrogens is 423 g/mol. The molecule has 1 heterocycles. The molecule has 0 bridgehead atoms. The highest BCUT2D eigenvalue weighted by molar-refractivity contribution is 14.0. The van der Waals surface area contributed by atoms with Gasteiger partial charge < -0.3 is 10.6 Å². The highest BCUT2D eigenvalue weighted by Crippen LogP contribution is 2.28. The van der Waals surface area contributed by atoms with Crippen LogP contribution in [0, 0.1) is 5.92 Å². The van der Waals surface area contributed by atoms with Crippen LogP contribution in [-0.4, -0.2) is 36.5 Å². The van der Waals surface area contributed by atoms with Crippen molar-refractivity contribution in [3.63, 3.8) is 0 Å². The van der Waals surface area contributed by atoms with Gasteiger partial charge in [-0.15, -0.1) is 24.0 Å². The van der Waals surface area contributed by atoms with Crippen LogP contribution in [0.15, 0.2) is 29.3 Å². The second-order valence-electron chi connectivity index (χ2n) is 7.31. The molecule has 2 fully saturated rings. The van der Waals surface area contributed by atoms with E-state index in [4.69, 9.17) is 4.99 Å². The van der Waals surface area contributed by atoms with Crippen LogP contribution in [0.4, 0.5) is 0 Å². The van der Waals surface area contributed by atoms with E-state index in [0.29, 0.717) is 6.04 Å². The molecule has 4 nitrogen and oxygen atoms in total. The maximum atomic E-state index is 4.73. The van der Waals surface area contributed by atoms with Crippen molar-refractivity contribution in [3.05, 3.63) is 35.4 Å². The van der Waals surface area contributed by atoms with Crippen molar-refractivity contribution in [2.75, 3.05) is 19.6 Å². The number of hydrogen-bond acceptors (Lipinski definition) is 2. The molecule has 1 saturated heterocycles. The zero-order valence-electron chi connectivity index (χ0n) is 15.6. The molecule has 140 valence electrons. The van der Waals surface area contributed by atoms with Gasteiger partial charge in [-0.25, -0.2) is 4.99 Å². The van der Waals surface area contributed by atoms with E-state index in [1.165, 1.54) is 49.9 Å². The Hall–Kier alpha value is -0.820. The smallest absolute Gasteiger partial charge is 0.191 e. The molecule has 2 atom stereocenters. The third-order valence-electron chi connectivity index (χ3n) is 5.07. The Kier molecular flexibility index (Phi) is 8.49. The standard InChI is InChI=1S/C20H32N4.HI/c1-3-21-20(23-19-13-16(19)2)22-14-17-7-9-18(10-8-17)15-24-11-5-4-6-12-24;/h7-10,16,19H,3-6,11-15H2,1-2H3,(H2,21,22,23);1H. The lowest BCUT2D eigenvalue weighted by molar-refractivity contribution is 0.221. The van der Waals surface area contributed by atoms with Crippen LogP contribution in [0.2, 0.25) is 0 Å². The van der Waals surface area contributed by atoms with Crippen LogP contribution < -0.4 is 10.6 Å². The van der Waals surface area contributed by atoms with Gasteiger partial charge in [-0.05, 0) is 56.3 Å². The Balaban J connectivity index is 0.00000225. The molecule has 3 rings (SSSR count). The molecule has 1 aromatic rings. The number of nitrogens with zero attached hydrogens (tertiary/aromatic N) is 2. The van der Waals surface area contributed by atoms with Crippen molar-refractivity contribution >= 4 is 29.9 Å². The molecule has 0 radical (unpaired) electrons. The molecule has 5 heteroatoms. The van der Waals surface area contributed by atoms with E-state index in [2.05, 4.69) is 53.6 Å². The summed E-state index contributed by atoms with van der Waals surface area (Å²) in [7, 11) is 0. The number of nitrogens with one attached hydrogen (secondary N) is 2. The number of aliphatic imine (C=N–C) groups is 1. The number of likely N-dealkylation sites (tertiary alicyclic amines) is 1. The summed E-state index contributed by atoms with van der Waals surface area (Å²) < 4.78 is 0. The Morgan fingerprint density at radius 2 is 1.76 bits per heavy atom. The Morgan fingerprint density at radius 1 is 1.12 bits per heavy atom. The topological polar surface area (TPSA) is 39.7 Å². The summed E-state index contributed by atoms with van der Waals surface area (Å²) in [5, 5.41) is 6.85. The fraction of sp³-hybridized carbons (Fsp3) is 0.650. The fourth-order valence-corrected chi connectivity index (χ4v) is 3.31. The lowest BCUT2D eigenvalue weighted by Gasteiger charge is -2.26. The summed E-state index contributed by atoms with van der Waals surface area (Å²) in [6, 6.07) is 9.60. The van der Waals surface area contributed by atoms with Gasteiger partial charge in [0.15, 0.2) is 5.96 Å². The summed E-state index contributed by atoms with van der Waals surface area (Å²) in [6.07, 6.45) is 5.37. The Bertz CT molecular complexity index is 537. The monoisotopic (exact) mass is 456 g/mol. The number of hydrogen-bond donors (Lipinski definition) is 2. The van der Waals surface area contributed by atoms with Crippen molar-refractivity contribution in [3.8, 4) is 0 Å². The van der Waals surface area contributed by atoms with E-state index in [1.54, 1.807) is 0 Å². The zero-order valence-corrected chi connectivity index (χ0v) is 18.0. The first kappa shape index (κ1) is 20.5. The number of halogens is 1. The van der Waals surface area contributed by atoms with Crippen LogP contribution in [-0.2, 0) is 13.1 Å². The molecule has 1 aliphatic heterocycles. The Morgan fingerprint density at radius 3 is 2.36 bits per heavy atom. The largest absolute Gasteiger partial charge is 0.357 e. The first-order valence-electron chi connectivity index (χ1n) is 9.59. The number of piperidine rings is 1. The van der Waals surface area contributed by atoms with Crippen LogP contribution >= 0.6 is 24.0 Å². The average molecular weight is 456 g/mol. The minimum Gasteiger partial charge on any atom is -0.357 e. The minimum atomic E-state index is 0. The van der Waals surface area contributed by atoms with Crippen LogP contribution in [0.25, 0.3) is 0 Å². The second-order valence-corrected chi connectivity index (χ2v) is 7.31. The van der Waals surface area contributed by atoms with E-state index in [9.17, 15) is 0 Å². The van der Waals surface area contributed by atoms with E-state index in [0.717, 1.165) is 31.5 Å². The van der Waals surface area contributed by atoms with Crippen molar-refractivity contribution in [1.82, 2.24) is 15.5 Å². The van der Waals surface area contributed by atoms with Gasteiger partial charge in [0.05, 0.1) is 6.54 Å². The van der Waals surface area contributed by atoms with Crippen LogP contribution in [0.1, 0.15) is 50.7 Å². The fourth-order valence-electron chi connectivity index (χ4n) is 3.31. The number of guanidine groups is 1. The molecule has 0 spiro atoms. The van der Waals surface area contributed by atoms with Crippen molar-refractivity contribution < 1.29 is 0 Å². The molecule has 0 amide bonds. The molecule has 2 N–H and O–H groups in total. The molecule has 0 aromatic heterocycles. The molecular formula is C20H33IN4. The quantitative estimate of drug-likeness (QED) is 0.389. The predicted octanol–water partition coefficient (Wildman–Crippen LogP) is 3.75. The minimum absolute atomic E-state index is 0. The molecule has 2 unspecified atom stereocenters. The van der Waals surface area contributed by atoms with Gasteiger partial charge in [0.1, 0.15) is 0 Å². The van der Waals surface area contributed by atoms with Crippen LogP contribution in [0.5, 0.6) is 0 Å². The summed E-state index contributed by atoms with van der Waals surface area (Å²) in [5.74, 6) is 1.73. The van der Waals surface area contributed by atoms with E-state index in [-0.39, 0.29) is 24.0 Å². The molecule has 2 aliphatic rings. The highest BCUT2D eigenvalue weighted by Gasteiger charge is 2.33. The highest BCUT2D eigenvalue weighted by atomic mass is 127. The molecule has 25 heavy (non-hydrogen) atoms. The van der Waals surface area contributed by atoms with Gasteiger partial charge in [0.25, 0.3) is 0 Å². The maximum absolute atomic E-state index is 4.73. The van der Waals surface area contributed by atoms with Crippen molar-refractivity contribution in [1.29, 1.82) is 0 Å². The van der Waals surface area contributed by atoms with E-state index >= 15 is 0 Å². The third-order valence-corrected chi connectivity index (χ3v) is 5.07. The van der Waals surface area contributed by atoms with Gasteiger partial charge in [-0.1, -0.05) is 37.6 Å². The van der Waals surface area contributed by atoms with Crippen molar-refractivity contribution in [2.45, 2.75) is 58.7 Å². The summed E-state index contributed by atoms with van der Waals surface area (Å²) in [4.78, 5) is 7.30. The Labute approximate surface area is 169 Å². The summed E-state index contributed by atoms with van der Waals surface area (Å²) in [6.45, 7) is 9.63. The summed E-state index contributed by atoms with van der Waals surface area (Å²) in [5.41, 5.74) is 2.69. The zero-order chi connectivity index (χ0) is 16.8. The summed E-state index contributed by atoms with van der Waals surface area (Å²) >= 11 is 0. The van der Waals surface area contributed by atoms with Crippen LogP contribution in [0.3, 0.4) is 0 Å². The molecule has 1 aliphatic carbocycles. The van der Waals surface area contributed by atoms with Crippen molar-refractivity contribution in [2.24, 2.45) is 10.9 Å². The van der Waals surface area contributed by atoms with Gasteiger partial charge in [-0.3, -0.25) is 4.90 Å². The maximum Gasteiger partial charge on any atom is 0.191 e. The lowest BCUT2D eigenvalue weighted by Crippen LogP contribution is -2.39. The SMILES string of the molecule is CCNC(=NCc1ccc(CN2CCCCC2)cc1)NC1CC1C.I. The second kappa shape index (κ2) is 10.4. The number of rotatable bonds is 6. The number of benzene rings is 1. The van der Waals surface area contributed by atoms with E-state index in [1.807, 2.05) is 0 Å². The van der Waals surface area contributed by atoms with Gasteiger partial charge >= 0.3 is 0 Å².